The summed E-state index contributed by atoms with van der Waals surface area (Å²) in [6.45, 7) is 4.79. The third-order valence-electron chi connectivity index (χ3n) is 7.29. The van der Waals surface area contributed by atoms with E-state index in [0.29, 0.717) is 45.9 Å². The lowest BCUT2D eigenvalue weighted by atomic mass is 10.0. The highest BCUT2D eigenvalue weighted by molar-refractivity contribution is 6.00. The smallest absolute Gasteiger partial charge is 0.166 e. The molecule has 8 nitrogen and oxygen atoms in total. The predicted molar refractivity (Wildman–Crippen MR) is 161 cm³/mol. The first-order chi connectivity index (χ1) is 21.4. The number of ketones is 2. The van der Waals surface area contributed by atoms with Gasteiger partial charge in [-0.1, -0.05) is 18.2 Å². The molecule has 0 radical (unpaired) electrons. The first-order valence-corrected chi connectivity index (χ1v) is 14.5. The molecule has 1 saturated heterocycles. The van der Waals surface area contributed by atoms with Gasteiger partial charge in [-0.15, -0.1) is 0 Å². The molecule has 1 aliphatic rings. The second-order valence-electron chi connectivity index (χ2n) is 10.6. The van der Waals surface area contributed by atoms with Crippen LogP contribution in [0.5, 0.6) is 23.0 Å². The minimum absolute atomic E-state index is 0.0245. The number of benzene rings is 3. The fourth-order valence-electron chi connectivity index (χ4n) is 5.04. The lowest BCUT2D eigenvalue weighted by molar-refractivity contribution is -0.126. The molecule has 0 unspecified atom stereocenters. The standard InChI is InChI=1S/C34H34F2N2O6/c1-41-33-21-28-30(22-34(33)43-14-2-11-38-12-15-42-16-13-38)37-10-9-31(28)44-32-8-5-24(19-29(32)36)18-27(40)20-26(39)17-23-3-6-25(35)7-4-23/h3-10,19,21-22H,2,11-18,20H2,1H3. The summed E-state index contributed by atoms with van der Waals surface area (Å²) in [6.07, 6.45) is 2.06. The number of aromatic nitrogens is 1. The Labute approximate surface area is 254 Å². The fraction of sp³-hybridized carbons (Fsp3) is 0.324. The second-order valence-corrected chi connectivity index (χ2v) is 10.6. The number of pyridine rings is 1. The number of ether oxygens (including phenoxy) is 4. The molecule has 5 rings (SSSR count). The lowest BCUT2D eigenvalue weighted by Crippen LogP contribution is -2.37. The van der Waals surface area contributed by atoms with E-state index in [0.717, 1.165) is 39.3 Å². The number of halogens is 2. The van der Waals surface area contributed by atoms with Crippen LogP contribution in [0.3, 0.4) is 0 Å². The highest BCUT2D eigenvalue weighted by atomic mass is 19.1. The van der Waals surface area contributed by atoms with Gasteiger partial charge in [0, 0.05) is 50.1 Å². The lowest BCUT2D eigenvalue weighted by Gasteiger charge is -2.26. The van der Waals surface area contributed by atoms with Crippen LogP contribution in [0, 0.1) is 11.6 Å². The Hall–Kier alpha value is -4.41. The van der Waals surface area contributed by atoms with Gasteiger partial charge in [0.2, 0.25) is 0 Å². The normalized spacial score (nSPS) is 13.5. The molecule has 0 saturated carbocycles. The summed E-state index contributed by atoms with van der Waals surface area (Å²) in [4.78, 5) is 31.5. The van der Waals surface area contributed by atoms with E-state index in [9.17, 15) is 14.0 Å². The Bertz CT molecular complexity index is 1610. The number of methoxy groups -OCH3 is 1. The Morgan fingerprint density at radius 1 is 0.864 bits per heavy atom. The van der Waals surface area contributed by atoms with Gasteiger partial charge in [-0.2, -0.15) is 0 Å². The maximum atomic E-state index is 15.1. The van der Waals surface area contributed by atoms with Crippen LogP contribution >= 0.6 is 0 Å². The van der Waals surface area contributed by atoms with E-state index >= 15 is 4.39 Å². The van der Waals surface area contributed by atoms with Crippen molar-refractivity contribution in [3.8, 4) is 23.0 Å². The van der Waals surface area contributed by atoms with Gasteiger partial charge in [-0.05, 0) is 53.9 Å². The molecule has 0 N–H and O–H groups in total. The highest BCUT2D eigenvalue weighted by Gasteiger charge is 2.16. The van der Waals surface area contributed by atoms with E-state index in [1.165, 1.54) is 36.4 Å². The summed E-state index contributed by atoms with van der Waals surface area (Å²) in [5.41, 5.74) is 1.65. The van der Waals surface area contributed by atoms with Gasteiger partial charge < -0.3 is 18.9 Å². The Morgan fingerprint density at radius 2 is 1.59 bits per heavy atom. The van der Waals surface area contributed by atoms with E-state index in [2.05, 4.69) is 9.88 Å². The van der Waals surface area contributed by atoms with Crippen molar-refractivity contribution in [2.45, 2.75) is 25.7 Å². The molecular formula is C34H34F2N2O6. The number of hydrogen-bond donors (Lipinski definition) is 0. The summed E-state index contributed by atoms with van der Waals surface area (Å²) in [5.74, 6) is -0.253. The summed E-state index contributed by atoms with van der Waals surface area (Å²) in [7, 11) is 1.55. The fourth-order valence-corrected chi connectivity index (χ4v) is 5.04. The summed E-state index contributed by atoms with van der Waals surface area (Å²) in [5, 5.41) is 0.614. The zero-order valence-corrected chi connectivity index (χ0v) is 24.5. The van der Waals surface area contributed by atoms with Gasteiger partial charge in [-0.25, -0.2) is 8.78 Å². The monoisotopic (exact) mass is 604 g/mol. The topological polar surface area (TPSA) is 87.2 Å². The first-order valence-electron chi connectivity index (χ1n) is 14.5. The summed E-state index contributed by atoms with van der Waals surface area (Å²) in [6, 6.07) is 15.0. The number of carbonyl (C=O) groups excluding carboxylic acids is 2. The van der Waals surface area contributed by atoms with Gasteiger partial charge in [0.05, 0.1) is 38.9 Å². The molecule has 1 aliphatic heterocycles. The second kappa shape index (κ2) is 14.9. The van der Waals surface area contributed by atoms with Crippen molar-refractivity contribution >= 4 is 22.5 Å². The van der Waals surface area contributed by atoms with Crippen LogP contribution in [0.1, 0.15) is 24.0 Å². The van der Waals surface area contributed by atoms with Gasteiger partial charge in [0.25, 0.3) is 0 Å². The van der Waals surface area contributed by atoms with Crippen LogP contribution in [-0.4, -0.2) is 68.0 Å². The number of fused-ring (bicyclic) bond motifs is 1. The van der Waals surface area contributed by atoms with Gasteiger partial charge >= 0.3 is 0 Å². The van der Waals surface area contributed by atoms with Crippen molar-refractivity contribution < 1.29 is 37.3 Å². The van der Waals surface area contributed by atoms with Crippen molar-refractivity contribution in [1.29, 1.82) is 0 Å². The number of hydrogen-bond acceptors (Lipinski definition) is 8. The molecule has 230 valence electrons. The Kier molecular flexibility index (Phi) is 10.5. The van der Waals surface area contributed by atoms with Crippen molar-refractivity contribution in [2.75, 3.05) is 46.6 Å². The third-order valence-corrected chi connectivity index (χ3v) is 7.29. The van der Waals surface area contributed by atoms with Crippen molar-refractivity contribution in [3.05, 3.63) is 89.6 Å². The summed E-state index contributed by atoms with van der Waals surface area (Å²) >= 11 is 0. The molecule has 0 spiro atoms. The minimum Gasteiger partial charge on any atom is -0.493 e. The zero-order valence-electron chi connectivity index (χ0n) is 24.5. The zero-order chi connectivity index (χ0) is 30.9. The quantitative estimate of drug-likeness (QED) is 0.133. The van der Waals surface area contributed by atoms with Gasteiger partial charge in [0.15, 0.2) is 23.1 Å². The SMILES string of the molecule is COc1cc2c(Oc3ccc(CC(=O)CC(=O)Cc4ccc(F)cc4)cc3F)ccnc2cc1OCCCN1CCOCC1. The number of nitrogens with zero attached hydrogens (tertiary/aromatic N) is 2. The van der Waals surface area contributed by atoms with Crippen LogP contribution in [-0.2, 0) is 27.2 Å². The molecule has 4 aromatic rings. The molecular weight excluding hydrogens is 570 g/mol. The van der Waals surface area contributed by atoms with Crippen LogP contribution in [0.4, 0.5) is 8.78 Å². The minimum atomic E-state index is -0.648. The highest BCUT2D eigenvalue weighted by Crippen LogP contribution is 2.37. The number of rotatable bonds is 14. The van der Waals surface area contributed by atoms with Gasteiger partial charge in [-0.3, -0.25) is 19.5 Å². The van der Waals surface area contributed by atoms with Crippen molar-refractivity contribution in [3.63, 3.8) is 0 Å². The van der Waals surface area contributed by atoms with Crippen LogP contribution in [0.2, 0.25) is 0 Å². The van der Waals surface area contributed by atoms with E-state index in [4.69, 9.17) is 18.9 Å². The van der Waals surface area contributed by atoms with E-state index in [-0.39, 0.29) is 36.6 Å². The molecule has 0 atom stereocenters. The largest absolute Gasteiger partial charge is 0.493 e. The Morgan fingerprint density at radius 3 is 2.32 bits per heavy atom. The van der Waals surface area contributed by atoms with Crippen LogP contribution < -0.4 is 14.2 Å². The summed E-state index contributed by atoms with van der Waals surface area (Å²) < 4.78 is 51.1. The predicted octanol–water partition coefficient (Wildman–Crippen LogP) is 5.73. The number of morpholine rings is 1. The molecule has 1 aromatic heterocycles. The first kappa shape index (κ1) is 31.0. The van der Waals surface area contributed by atoms with Crippen molar-refractivity contribution in [1.82, 2.24) is 9.88 Å². The molecule has 0 aliphatic carbocycles. The maximum absolute atomic E-state index is 15.1. The molecule has 0 bridgehead atoms. The molecule has 2 heterocycles. The maximum Gasteiger partial charge on any atom is 0.166 e. The molecule has 44 heavy (non-hydrogen) atoms. The molecule has 3 aromatic carbocycles. The average Bonchev–Trinajstić information content (AvgIpc) is 3.02. The van der Waals surface area contributed by atoms with E-state index in [1.54, 1.807) is 37.6 Å². The average molecular weight is 605 g/mol. The number of Topliss-reactive ketones (excluding diaryl/α,β-unsaturated/α-hetero) is 2. The van der Waals surface area contributed by atoms with Crippen molar-refractivity contribution in [2.24, 2.45) is 0 Å². The van der Waals surface area contributed by atoms with Crippen LogP contribution in [0.25, 0.3) is 10.9 Å². The molecule has 0 amide bonds. The molecule has 10 heteroatoms. The Balaban J connectivity index is 1.20. The van der Waals surface area contributed by atoms with E-state index < -0.39 is 11.6 Å². The number of carbonyl (C=O) groups is 2. The van der Waals surface area contributed by atoms with Gasteiger partial charge in [0.1, 0.15) is 23.1 Å². The van der Waals surface area contributed by atoms with Crippen LogP contribution in [0.15, 0.2) is 66.9 Å². The third kappa shape index (κ3) is 8.36. The molecule has 1 fully saturated rings. The van der Waals surface area contributed by atoms with E-state index in [1.807, 2.05) is 0 Å².